The molecule has 1 aromatic rings. The second-order valence-electron chi connectivity index (χ2n) is 6.38. The lowest BCUT2D eigenvalue weighted by atomic mass is 9.88. The number of amides is 1. The Bertz CT molecular complexity index is 514. The summed E-state index contributed by atoms with van der Waals surface area (Å²) in [6.45, 7) is 8.87. The maximum absolute atomic E-state index is 11.9. The third kappa shape index (κ3) is 4.70. The number of likely N-dealkylation sites (tertiary alicyclic amines) is 1. The second kappa shape index (κ2) is 8.14. The smallest absolute Gasteiger partial charge is 0.246 e. The molecule has 0 radical (unpaired) electrons. The van der Waals surface area contributed by atoms with E-state index in [-0.39, 0.29) is 5.91 Å². The minimum Gasteiger partial charge on any atom is -0.339 e. The molecule has 3 nitrogen and oxygen atoms in total. The Hall–Kier alpha value is -1.61. The first-order valence-electron chi connectivity index (χ1n) is 8.34. The van der Waals surface area contributed by atoms with Gasteiger partial charge in [0.1, 0.15) is 0 Å². The van der Waals surface area contributed by atoms with E-state index in [1.807, 2.05) is 17.9 Å². The molecule has 0 saturated carbocycles. The number of nitrogens with one attached hydrogen (secondary N) is 1. The fourth-order valence-corrected chi connectivity index (χ4v) is 2.96. The van der Waals surface area contributed by atoms with Crippen LogP contribution < -0.4 is 5.32 Å². The Morgan fingerprint density at radius 1 is 1.36 bits per heavy atom. The minimum absolute atomic E-state index is 0.149. The van der Waals surface area contributed by atoms with Crippen LogP contribution in [0.25, 0.3) is 0 Å². The molecule has 0 spiro atoms. The highest BCUT2D eigenvalue weighted by atomic mass is 16.2. The van der Waals surface area contributed by atoms with Crippen LogP contribution in [0.2, 0.25) is 0 Å². The third-order valence-electron chi connectivity index (χ3n) is 4.25. The van der Waals surface area contributed by atoms with Gasteiger partial charge in [-0.2, -0.15) is 0 Å². The molecule has 3 heteroatoms. The van der Waals surface area contributed by atoms with Gasteiger partial charge in [0, 0.05) is 25.7 Å². The number of carbonyl (C=O) groups is 1. The lowest BCUT2D eigenvalue weighted by molar-refractivity contribution is -0.127. The summed E-state index contributed by atoms with van der Waals surface area (Å²) in [5, 5.41) is 3.47. The molecule has 1 amide bonds. The van der Waals surface area contributed by atoms with Gasteiger partial charge in [0.2, 0.25) is 5.91 Å². The van der Waals surface area contributed by atoms with Crippen LogP contribution in [0.5, 0.6) is 0 Å². The number of piperidine rings is 1. The van der Waals surface area contributed by atoms with Crippen molar-refractivity contribution in [2.75, 3.05) is 13.1 Å². The fourth-order valence-electron chi connectivity index (χ4n) is 2.96. The van der Waals surface area contributed by atoms with Crippen molar-refractivity contribution in [3.63, 3.8) is 0 Å². The first-order valence-corrected chi connectivity index (χ1v) is 8.34. The molecule has 1 aliphatic rings. The van der Waals surface area contributed by atoms with Crippen molar-refractivity contribution in [3.05, 3.63) is 47.5 Å². The quantitative estimate of drug-likeness (QED) is 0.845. The second-order valence-corrected chi connectivity index (χ2v) is 6.38. The SMILES string of the molecule is C/C=C/C(=O)N1CCC(c2cccc(CNC(C)C)c2)CC1. The van der Waals surface area contributed by atoms with Gasteiger partial charge < -0.3 is 10.2 Å². The summed E-state index contributed by atoms with van der Waals surface area (Å²) < 4.78 is 0. The summed E-state index contributed by atoms with van der Waals surface area (Å²) >= 11 is 0. The zero-order chi connectivity index (χ0) is 15.9. The molecule has 1 heterocycles. The average Bonchev–Trinajstić information content (AvgIpc) is 2.53. The van der Waals surface area contributed by atoms with Gasteiger partial charge in [-0.05, 0) is 42.9 Å². The number of benzene rings is 1. The lowest BCUT2D eigenvalue weighted by Crippen LogP contribution is -2.36. The van der Waals surface area contributed by atoms with Crippen molar-refractivity contribution in [3.8, 4) is 0 Å². The van der Waals surface area contributed by atoms with E-state index < -0.39 is 0 Å². The number of nitrogens with zero attached hydrogens (tertiary/aromatic N) is 1. The molecule has 1 saturated heterocycles. The fraction of sp³-hybridized carbons (Fsp3) is 0.526. The molecule has 0 atom stereocenters. The standard InChI is InChI=1S/C19H28N2O/c1-4-6-19(22)21-11-9-17(10-12-21)18-8-5-7-16(13-18)14-20-15(2)3/h4-8,13,15,17,20H,9-12,14H2,1-3H3/b6-4+. The van der Waals surface area contributed by atoms with E-state index in [9.17, 15) is 4.79 Å². The summed E-state index contributed by atoms with van der Waals surface area (Å²) in [5.41, 5.74) is 2.76. The molecule has 0 bridgehead atoms. The molecule has 2 rings (SSSR count). The van der Waals surface area contributed by atoms with Crippen molar-refractivity contribution in [1.82, 2.24) is 10.2 Å². The lowest BCUT2D eigenvalue weighted by Gasteiger charge is -2.31. The van der Waals surface area contributed by atoms with Crippen molar-refractivity contribution < 1.29 is 4.79 Å². The Morgan fingerprint density at radius 2 is 2.09 bits per heavy atom. The highest BCUT2D eigenvalue weighted by Gasteiger charge is 2.22. The van der Waals surface area contributed by atoms with E-state index in [1.165, 1.54) is 11.1 Å². The Labute approximate surface area is 134 Å². The Morgan fingerprint density at radius 3 is 2.73 bits per heavy atom. The normalized spacial score (nSPS) is 16.6. The highest BCUT2D eigenvalue weighted by molar-refractivity contribution is 5.87. The number of allylic oxidation sites excluding steroid dienone is 1. The van der Waals surface area contributed by atoms with Gasteiger partial charge in [-0.15, -0.1) is 0 Å². The Kier molecular flexibility index (Phi) is 6.20. The van der Waals surface area contributed by atoms with E-state index in [4.69, 9.17) is 0 Å². The summed E-state index contributed by atoms with van der Waals surface area (Å²) in [6.07, 6.45) is 5.60. The predicted octanol–water partition coefficient (Wildman–Crippen LogP) is 3.47. The summed E-state index contributed by atoms with van der Waals surface area (Å²) in [7, 11) is 0. The van der Waals surface area contributed by atoms with Crippen LogP contribution in [0.1, 0.15) is 50.7 Å². The van der Waals surface area contributed by atoms with Crippen molar-refractivity contribution in [2.45, 2.75) is 52.1 Å². The molecule has 0 aromatic heterocycles. The van der Waals surface area contributed by atoms with Crippen molar-refractivity contribution in [2.24, 2.45) is 0 Å². The van der Waals surface area contributed by atoms with E-state index >= 15 is 0 Å². The summed E-state index contributed by atoms with van der Waals surface area (Å²) in [4.78, 5) is 13.8. The van der Waals surface area contributed by atoms with Crippen LogP contribution in [0.4, 0.5) is 0 Å². The number of rotatable bonds is 5. The largest absolute Gasteiger partial charge is 0.339 e. The van der Waals surface area contributed by atoms with Crippen LogP contribution in [0, 0.1) is 0 Å². The zero-order valence-electron chi connectivity index (χ0n) is 14.0. The van der Waals surface area contributed by atoms with Gasteiger partial charge >= 0.3 is 0 Å². The minimum atomic E-state index is 0.149. The Balaban J connectivity index is 1.93. The average molecular weight is 300 g/mol. The van der Waals surface area contributed by atoms with E-state index in [2.05, 4.69) is 43.4 Å². The van der Waals surface area contributed by atoms with Gasteiger partial charge in [0.25, 0.3) is 0 Å². The van der Waals surface area contributed by atoms with Gasteiger partial charge in [0.15, 0.2) is 0 Å². The molecule has 1 aromatic carbocycles. The van der Waals surface area contributed by atoms with Gasteiger partial charge in [-0.1, -0.05) is 44.2 Å². The first kappa shape index (κ1) is 16.8. The number of hydrogen-bond acceptors (Lipinski definition) is 2. The van der Waals surface area contributed by atoms with Crippen LogP contribution in [0.3, 0.4) is 0 Å². The molecule has 1 fully saturated rings. The summed E-state index contributed by atoms with van der Waals surface area (Å²) in [6, 6.07) is 9.40. The monoisotopic (exact) mass is 300 g/mol. The third-order valence-corrected chi connectivity index (χ3v) is 4.25. The molecule has 0 aliphatic carbocycles. The number of carbonyl (C=O) groups excluding carboxylic acids is 1. The van der Waals surface area contributed by atoms with Crippen molar-refractivity contribution in [1.29, 1.82) is 0 Å². The van der Waals surface area contributed by atoms with E-state index in [0.717, 1.165) is 32.5 Å². The topological polar surface area (TPSA) is 32.3 Å². The number of hydrogen-bond donors (Lipinski definition) is 1. The van der Waals surface area contributed by atoms with E-state index in [1.54, 1.807) is 6.08 Å². The molecule has 1 N–H and O–H groups in total. The maximum atomic E-state index is 11.9. The molecular formula is C19H28N2O. The van der Waals surface area contributed by atoms with E-state index in [0.29, 0.717) is 12.0 Å². The molecule has 1 aliphatic heterocycles. The van der Waals surface area contributed by atoms with Gasteiger partial charge in [0.05, 0.1) is 0 Å². The molecule has 22 heavy (non-hydrogen) atoms. The zero-order valence-corrected chi connectivity index (χ0v) is 14.0. The van der Waals surface area contributed by atoms with Gasteiger partial charge in [-0.3, -0.25) is 4.79 Å². The highest BCUT2D eigenvalue weighted by Crippen LogP contribution is 2.28. The van der Waals surface area contributed by atoms with Crippen LogP contribution in [-0.4, -0.2) is 29.9 Å². The van der Waals surface area contributed by atoms with Crippen LogP contribution in [0.15, 0.2) is 36.4 Å². The van der Waals surface area contributed by atoms with Gasteiger partial charge in [-0.25, -0.2) is 0 Å². The molecule has 0 unspecified atom stereocenters. The van der Waals surface area contributed by atoms with Crippen LogP contribution in [-0.2, 0) is 11.3 Å². The van der Waals surface area contributed by atoms with Crippen molar-refractivity contribution >= 4 is 5.91 Å². The maximum Gasteiger partial charge on any atom is 0.246 e. The molecule has 120 valence electrons. The first-order chi connectivity index (χ1) is 10.6. The predicted molar refractivity (Wildman–Crippen MR) is 91.8 cm³/mol. The molecular weight excluding hydrogens is 272 g/mol. The summed E-state index contributed by atoms with van der Waals surface area (Å²) in [5.74, 6) is 0.726. The van der Waals surface area contributed by atoms with Crippen LogP contribution >= 0.6 is 0 Å².